The second-order valence-electron chi connectivity index (χ2n) is 6.29. The smallest absolute Gasteiger partial charge is 0.736 e. The van der Waals surface area contributed by atoms with Crippen LogP contribution in [0.4, 0.5) is 5.69 Å². The van der Waals surface area contributed by atoms with E-state index in [1.807, 2.05) is 6.07 Å². The second kappa shape index (κ2) is 11.2. The van der Waals surface area contributed by atoms with Gasteiger partial charge >= 0.3 is 43.1 Å². The monoisotopic (exact) mass is 449 g/mol. The minimum absolute atomic E-state index is 0. The number of rotatable bonds is 9. The molecule has 0 bridgehead atoms. The number of benzene rings is 3. The Hall–Kier alpha value is -2.48. The Bertz CT molecular complexity index is 1090. The van der Waals surface area contributed by atoms with Crippen LogP contribution in [-0.4, -0.2) is 10.7 Å². The third-order valence-corrected chi connectivity index (χ3v) is 5.00. The molecule has 0 saturated heterocycles. The first-order valence-corrected chi connectivity index (χ1v) is 10.4. The van der Waals surface area contributed by atoms with E-state index in [1.165, 1.54) is 30.3 Å². The molecule has 0 fully saturated rings. The summed E-state index contributed by atoms with van der Waals surface area (Å²) in [6.45, 7) is 0. The maximum absolute atomic E-state index is 12.2. The topological polar surface area (TPSA) is 119 Å². The predicted molar refractivity (Wildman–Crippen MR) is 107 cm³/mol. The summed E-state index contributed by atoms with van der Waals surface area (Å²) in [4.78, 5) is 34.5. The second-order valence-corrected chi connectivity index (χ2v) is 7.55. The summed E-state index contributed by atoms with van der Waals surface area (Å²) >= 11 is 0. The molecule has 8 nitrogen and oxygen atoms in total. The summed E-state index contributed by atoms with van der Waals surface area (Å²) in [6.07, 6.45) is 0.792. The van der Waals surface area contributed by atoms with Crippen molar-refractivity contribution in [3.63, 3.8) is 0 Å². The van der Waals surface area contributed by atoms with E-state index in [2.05, 4.69) is 0 Å². The molecule has 0 aliphatic rings. The van der Waals surface area contributed by atoms with Gasteiger partial charge in [-0.2, -0.15) is 0 Å². The zero-order valence-electron chi connectivity index (χ0n) is 16.7. The number of nitro groups is 1. The Balaban J connectivity index is 0.00000341. The fourth-order valence-corrected chi connectivity index (χ4v) is 3.51. The number of nitro benzene ring substituents is 1. The van der Waals surface area contributed by atoms with Crippen LogP contribution in [0.5, 0.6) is 11.5 Å². The van der Waals surface area contributed by atoms with Gasteiger partial charge in [0, 0.05) is 18.1 Å². The van der Waals surface area contributed by atoms with Crippen LogP contribution < -0.4 is 43.5 Å². The molecule has 0 aromatic heterocycles. The summed E-state index contributed by atoms with van der Waals surface area (Å²) in [5.74, 6) is -0.431. The van der Waals surface area contributed by atoms with Crippen LogP contribution in [0.25, 0.3) is 0 Å². The molecule has 0 radical (unpaired) electrons. The fraction of sp³-hybridized carbons (Fsp3) is 0.0952. The quantitative estimate of drug-likeness (QED) is 0.159. The van der Waals surface area contributed by atoms with Crippen LogP contribution in [0.3, 0.4) is 0 Å². The number of ketones is 1. The summed E-state index contributed by atoms with van der Waals surface area (Å²) in [5.41, 5.74) is 0.972. The van der Waals surface area contributed by atoms with E-state index in [-0.39, 0.29) is 41.1 Å². The van der Waals surface area contributed by atoms with Gasteiger partial charge in [0.1, 0.15) is 5.75 Å². The van der Waals surface area contributed by atoms with Gasteiger partial charge in [-0.1, -0.05) is 54.6 Å². The number of aryl methyl sites for hydroxylation is 1. The molecule has 1 atom stereocenters. The standard InChI is InChI=1S/C21H18NO7P.Na/c23-20(17-6-2-1-3-7-17)15-12-16-10-13-18(14-11-16)28-30(26,27)29-21-9-5-4-8-19(21)22(24)25;/h1-11,13-14H,12,15H2,(H,26,27);/q;+1/p-1. The zero-order valence-corrected chi connectivity index (χ0v) is 19.6. The molecule has 3 aromatic rings. The van der Waals surface area contributed by atoms with Crippen molar-refractivity contribution in [2.45, 2.75) is 12.8 Å². The largest absolute Gasteiger partial charge is 1.00 e. The van der Waals surface area contributed by atoms with E-state index in [9.17, 15) is 24.4 Å². The van der Waals surface area contributed by atoms with Crippen LogP contribution in [0.15, 0.2) is 78.9 Å². The minimum atomic E-state index is -4.90. The van der Waals surface area contributed by atoms with Crippen molar-refractivity contribution in [1.29, 1.82) is 0 Å². The van der Waals surface area contributed by atoms with Crippen LogP contribution in [-0.2, 0) is 11.0 Å². The number of para-hydroxylation sites is 2. The molecular formula is C21H17NNaO7P. The molecule has 10 heteroatoms. The van der Waals surface area contributed by atoms with E-state index in [1.54, 1.807) is 36.4 Å². The van der Waals surface area contributed by atoms with Gasteiger partial charge in [0.25, 0.3) is 0 Å². The molecule has 31 heavy (non-hydrogen) atoms. The zero-order chi connectivity index (χ0) is 21.6. The number of nitrogens with zero attached hydrogens (tertiary/aromatic N) is 1. The molecule has 0 amide bonds. The van der Waals surface area contributed by atoms with E-state index in [4.69, 9.17) is 9.05 Å². The van der Waals surface area contributed by atoms with Crippen molar-refractivity contribution in [3.05, 3.63) is 100 Å². The normalized spacial score (nSPS) is 12.2. The van der Waals surface area contributed by atoms with Gasteiger partial charge in [-0.25, -0.2) is 4.57 Å². The van der Waals surface area contributed by atoms with Crippen molar-refractivity contribution in [2.75, 3.05) is 0 Å². The van der Waals surface area contributed by atoms with Crippen LogP contribution in [0, 0.1) is 10.1 Å². The molecule has 0 N–H and O–H groups in total. The number of hydrogen-bond donors (Lipinski definition) is 0. The first-order chi connectivity index (χ1) is 14.3. The maximum Gasteiger partial charge on any atom is 1.00 e. The molecule has 0 aliphatic carbocycles. The van der Waals surface area contributed by atoms with Crippen LogP contribution >= 0.6 is 7.82 Å². The molecule has 0 saturated carbocycles. The average molecular weight is 449 g/mol. The Morgan fingerprint density at radius 3 is 2.16 bits per heavy atom. The summed E-state index contributed by atoms with van der Waals surface area (Å²) in [5, 5.41) is 11.0. The van der Waals surface area contributed by atoms with E-state index in [0.717, 1.165) is 11.6 Å². The van der Waals surface area contributed by atoms with E-state index < -0.39 is 24.2 Å². The average Bonchev–Trinajstić information content (AvgIpc) is 2.73. The Morgan fingerprint density at radius 2 is 1.52 bits per heavy atom. The number of hydrogen-bond acceptors (Lipinski definition) is 7. The van der Waals surface area contributed by atoms with Crippen LogP contribution in [0.2, 0.25) is 0 Å². The van der Waals surface area contributed by atoms with Crippen LogP contribution in [0.1, 0.15) is 22.3 Å². The van der Waals surface area contributed by atoms with Crippen molar-refractivity contribution in [2.24, 2.45) is 0 Å². The molecule has 3 rings (SSSR count). The van der Waals surface area contributed by atoms with E-state index >= 15 is 0 Å². The van der Waals surface area contributed by atoms with Gasteiger partial charge in [-0.05, 0) is 30.2 Å². The summed E-state index contributed by atoms with van der Waals surface area (Å²) in [7, 11) is -4.90. The molecular weight excluding hydrogens is 432 g/mol. The van der Waals surface area contributed by atoms with Gasteiger partial charge in [0.15, 0.2) is 5.78 Å². The van der Waals surface area contributed by atoms with Gasteiger partial charge in [-0.3, -0.25) is 14.9 Å². The van der Waals surface area contributed by atoms with Gasteiger partial charge < -0.3 is 13.9 Å². The molecule has 0 aliphatic heterocycles. The van der Waals surface area contributed by atoms with Gasteiger partial charge in [0.2, 0.25) is 5.75 Å². The Labute approximate surface area is 200 Å². The first kappa shape index (κ1) is 24.8. The third kappa shape index (κ3) is 7.31. The number of phosphoric acid groups is 1. The molecule has 1 unspecified atom stereocenters. The molecule has 3 aromatic carbocycles. The van der Waals surface area contributed by atoms with Crippen molar-refractivity contribution in [3.8, 4) is 11.5 Å². The summed E-state index contributed by atoms with van der Waals surface area (Å²) in [6, 6.07) is 20.2. The summed E-state index contributed by atoms with van der Waals surface area (Å²) < 4.78 is 21.7. The van der Waals surface area contributed by atoms with Crippen molar-refractivity contribution < 1.29 is 57.8 Å². The fourth-order valence-electron chi connectivity index (χ4n) is 2.70. The maximum atomic E-state index is 12.2. The minimum Gasteiger partial charge on any atom is -0.736 e. The Kier molecular flexibility index (Phi) is 8.98. The number of phosphoric ester groups is 1. The molecule has 0 spiro atoms. The van der Waals surface area contributed by atoms with Gasteiger partial charge in [0.05, 0.1) is 4.92 Å². The SMILES string of the molecule is O=C(CCc1ccc(OP(=O)([O-])Oc2ccccc2[N+](=O)[O-])cc1)c1ccccc1.[Na+]. The molecule has 154 valence electrons. The Morgan fingerprint density at radius 1 is 0.903 bits per heavy atom. The first-order valence-electron chi connectivity index (χ1n) is 8.95. The number of Topliss-reactive ketones (excluding diaryl/α,β-unsaturated/α-hetero) is 1. The number of carbonyl (C=O) groups is 1. The third-order valence-electron chi connectivity index (χ3n) is 4.15. The van der Waals surface area contributed by atoms with Gasteiger partial charge in [-0.15, -0.1) is 0 Å². The predicted octanol–water partition coefficient (Wildman–Crippen LogP) is 1.34. The van der Waals surface area contributed by atoms with Crippen molar-refractivity contribution in [1.82, 2.24) is 0 Å². The molecule has 0 heterocycles. The number of carbonyl (C=O) groups excluding carboxylic acids is 1. The van der Waals surface area contributed by atoms with Crippen molar-refractivity contribution >= 4 is 19.3 Å². The van der Waals surface area contributed by atoms with E-state index in [0.29, 0.717) is 18.4 Å².